The van der Waals surface area contributed by atoms with Crippen molar-refractivity contribution in [3.8, 4) is 0 Å². The van der Waals surface area contributed by atoms with Crippen LogP contribution in [0.5, 0.6) is 0 Å². The number of methoxy groups -OCH3 is 1. The van der Waals surface area contributed by atoms with E-state index in [2.05, 4.69) is 20.9 Å². The third-order valence-electron chi connectivity index (χ3n) is 3.70. The van der Waals surface area contributed by atoms with Gasteiger partial charge in [-0.25, -0.2) is 4.31 Å². The average Bonchev–Trinajstić information content (AvgIpc) is 2.88. The van der Waals surface area contributed by atoms with Gasteiger partial charge in [-0.2, -0.15) is 0 Å². The summed E-state index contributed by atoms with van der Waals surface area (Å²) in [5.41, 5.74) is 0.198. The van der Waals surface area contributed by atoms with Crippen LogP contribution in [0.15, 0.2) is 0 Å². The van der Waals surface area contributed by atoms with E-state index in [0.717, 1.165) is 26.1 Å². The Kier molecular flexibility index (Phi) is 4.05. The van der Waals surface area contributed by atoms with Crippen LogP contribution < -0.4 is 0 Å². The van der Waals surface area contributed by atoms with E-state index in [9.17, 15) is 4.79 Å². The lowest BCUT2D eigenvalue weighted by atomic mass is 9.95. The molecule has 0 aromatic heterocycles. The molecule has 1 atom stereocenters. The summed E-state index contributed by atoms with van der Waals surface area (Å²) in [5.74, 6) is -0.127. The van der Waals surface area contributed by atoms with Gasteiger partial charge in [0.2, 0.25) is 0 Å². The fourth-order valence-corrected chi connectivity index (χ4v) is 3.70. The maximum absolute atomic E-state index is 11.4. The molecule has 0 aromatic carbocycles. The van der Waals surface area contributed by atoms with Crippen LogP contribution in [0.3, 0.4) is 0 Å². The van der Waals surface area contributed by atoms with Gasteiger partial charge in [0.05, 0.1) is 13.7 Å². The lowest BCUT2D eigenvalue weighted by Gasteiger charge is -2.34. The monoisotopic (exact) mass is 262 g/mol. The molecular formula is C10H18N2O2S2. The van der Waals surface area contributed by atoms with Crippen molar-refractivity contribution in [1.29, 1.82) is 0 Å². The zero-order valence-corrected chi connectivity index (χ0v) is 11.2. The molecule has 0 radical (unpaired) electrons. The Bertz CT molecular complexity index is 278. The number of carbonyl (C=O) groups is 1. The van der Waals surface area contributed by atoms with E-state index >= 15 is 0 Å². The maximum Gasteiger partial charge on any atom is 0.319 e. The molecule has 1 unspecified atom stereocenters. The highest BCUT2D eigenvalue weighted by atomic mass is 33.1. The molecular weight excluding hydrogens is 244 g/mol. The third-order valence-corrected chi connectivity index (χ3v) is 4.94. The number of nitrogens with zero attached hydrogens (tertiary/aromatic N) is 2. The molecule has 2 aliphatic heterocycles. The van der Waals surface area contributed by atoms with Gasteiger partial charge in [0.1, 0.15) is 0 Å². The third kappa shape index (κ3) is 2.34. The van der Waals surface area contributed by atoms with Crippen LogP contribution in [0.2, 0.25) is 0 Å². The molecule has 16 heavy (non-hydrogen) atoms. The fraction of sp³-hybridized carbons (Fsp3) is 0.900. The first-order chi connectivity index (χ1) is 7.70. The molecule has 2 heterocycles. The minimum absolute atomic E-state index is 0.127. The van der Waals surface area contributed by atoms with Crippen LogP contribution in [0.25, 0.3) is 0 Å². The van der Waals surface area contributed by atoms with Crippen molar-refractivity contribution in [3.05, 3.63) is 0 Å². The van der Waals surface area contributed by atoms with Gasteiger partial charge in [-0.1, -0.05) is 11.7 Å². The van der Waals surface area contributed by atoms with Crippen LogP contribution in [0, 0.1) is 0 Å². The van der Waals surface area contributed by atoms with Gasteiger partial charge in [0, 0.05) is 18.6 Å². The van der Waals surface area contributed by atoms with Crippen LogP contribution >= 0.6 is 22.6 Å². The van der Waals surface area contributed by atoms with Crippen LogP contribution in [-0.2, 0) is 9.53 Å². The van der Waals surface area contributed by atoms with Crippen molar-refractivity contribution < 1.29 is 9.53 Å². The SMILES string of the molecule is COC(=O)CN1CCCC12CCN(SS)C2. The van der Waals surface area contributed by atoms with Crippen molar-refractivity contribution in [1.82, 2.24) is 9.21 Å². The van der Waals surface area contributed by atoms with Crippen molar-refractivity contribution in [2.75, 3.05) is 33.3 Å². The molecule has 0 N–H and O–H groups in total. The van der Waals surface area contributed by atoms with Gasteiger partial charge >= 0.3 is 5.97 Å². The standard InChI is InChI=1S/C10H18N2O2S2/c1-14-9(13)7-11-5-2-3-10(11)4-6-12(8-10)16-15/h15H,2-8H2,1H3. The van der Waals surface area contributed by atoms with Gasteiger partial charge in [0.25, 0.3) is 0 Å². The molecule has 2 fully saturated rings. The molecule has 0 amide bonds. The first kappa shape index (κ1) is 12.5. The van der Waals surface area contributed by atoms with Crippen molar-refractivity contribution in [2.24, 2.45) is 0 Å². The highest BCUT2D eigenvalue weighted by Crippen LogP contribution is 2.40. The minimum atomic E-state index is -0.127. The highest BCUT2D eigenvalue weighted by Gasteiger charge is 2.46. The van der Waals surface area contributed by atoms with Gasteiger partial charge in [-0.3, -0.25) is 9.69 Å². The summed E-state index contributed by atoms with van der Waals surface area (Å²) in [4.78, 5) is 13.7. The van der Waals surface area contributed by atoms with Crippen molar-refractivity contribution >= 4 is 28.6 Å². The van der Waals surface area contributed by atoms with Gasteiger partial charge in [-0.05, 0) is 36.8 Å². The summed E-state index contributed by atoms with van der Waals surface area (Å²) in [6, 6.07) is 0. The number of hydrogen-bond acceptors (Lipinski definition) is 6. The lowest BCUT2D eigenvalue weighted by Crippen LogP contribution is -2.47. The Labute approximate surface area is 106 Å². The number of likely N-dealkylation sites (tertiary alicyclic amines) is 1. The van der Waals surface area contributed by atoms with E-state index < -0.39 is 0 Å². The Morgan fingerprint density at radius 1 is 1.50 bits per heavy atom. The molecule has 1 spiro atoms. The summed E-state index contributed by atoms with van der Waals surface area (Å²) in [7, 11) is 2.96. The summed E-state index contributed by atoms with van der Waals surface area (Å²) < 4.78 is 7.02. The van der Waals surface area contributed by atoms with Crippen LogP contribution in [-0.4, -0.2) is 54.0 Å². The zero-order valence-electron chi connectivity index (χ0n) is 9.52. The minimum Gasteiger partial charge on any atom is -0.468 e. The molecule has 2 rings (SSSR count). The predicted molar refractivity (Wildman–Crippen MR) is 68.3 cm³/mol. The zero-order chi connectivity index (χ0) is 11.6. The van der Waals surface area contributed by atoms with E-state index in [1.54, 1.807) is 0 Å². The second kappa shape index (κ2) is 5.16. The maximum atomic E-state index is 11.4. The topological polar surface area (TPSA) is 32.8 Å². The van der Waals surface area contributed by atoms with Crippen molar-refractivity contribution in [3.63, 3.8) is 0 Å². The number of rotatable bonds is 3. The second-order valence-electron chi connectivity index (χ2n) is 4.52. The summed E-state index contributed by atoms with van der Waals surface area (Å²) in [6.45, 7) is 3.52. The van der Waals surface area contributed by atoms with E-state index in [0.29, 0.717) is 6.54 Å². The summed E-state index contributed by atoms with van der Waals surface area (Å²) in [6.07, 6.45) is 3.51. The Morgan fingerprint density at radius 2 is 2.31 bits per heavy atom. The number of hydrogen-bond donors (Lipinski definition) is 1. The molecule has 0 aliphatic carbocycles. The van der Waals surface area contributed by atoms with E-state index in [-0.39, 0.29) is 11.5 Å². The smallest absolute Gasteiger partial charge is 0.319 e. The highest BCUT2D eigenvalue weighted by molar-refractivity contribution is 8.67. The van der Waals surface area contributed by atoms with E-state index in [1.165, 1.54) is 30.9 Å². The molecule has 2 aliphatic rings. The first-order valence-corrected chi connectivity index (χ1v) is 7.41. The van der Waals surface area contributed by atoms with Gasteiger partial charge in [-0.15, -0.1) is 0 Å². The molecule has 0 aromatic rings. The fourth-order valence-electron chi connectivity index (χ4n) is 2.81. The second-order valence-corrected chi connectivity index (χ2v) is 5.69. The largest absolute Gasteiger partial charge is 0.468 e. The van der Waals surface area contributed by atoms with Crippen LogP contribution in [0.4, 0.5) is 0 Å². The summed E-state index contributed by atoms with van der Waals surface area (Å²) in [5, 5.41) is 0. The number of carbonyl (C=O) groups excluding carboxylic acids is 1. The molecule has 0 bridgehead atoms. The average molecular weight is 262 g/mol. The molecule has 92 valence electrons. The Hall–Kier alpha value is 0.0900. The molecule has 2 saturated heterocycles. The van der Waals surface area contributed by atoms with E-state index in [1.807, 2.05) is 0 Å². The number of thiol groups is 1. The van der Waals surface area contributed by atoms with Gasteiger partial charge in [0.15, 0.2) is 0 Å². The number of ether oxygens (including phenoxy) is 1. The van der Waals surface area contributed by atoms with Gasteiger partial charge < -0.3 is 4.74 Å². The lowest BCUT2D eigenvalue weighted by molar-refractivity contribution is -0.143. The van der Waals surface area contributed by atoms with Crippen molar-refractivity contribution in [2.45, 2.75) is 24.8 Å². The number of esters is 1. The molecule has 6 heteroatoms. The quantitative estimate of drug-likeness (QED) is 0.357. The molecule has 0 saturated carbocycles. The predicted octanol–water partition coefficient (Wildman–Crippen LogP) is 1.19. The summed E-state index contributed by atoms with van der Waals surface area (Å²) >= 11 is 4.24. The Balaban J connectivity index is 2.00. The normalized spacial score (nSPS) is 31.4. The Morgan fingerprint density at radius 3 is 2.94 bits per heavy atom. The van der Waals surface area contributed by atoms with E-state index in [4.69, 9.17) is 4.74 Å². The first-order valence-electron chi connectivity index (χ1n) is 5.58. The molecule has 4 nitrogen and oxygen atoms in total. The van der Waals surface area contributed by atoms with Crippen LogP contribution in [0.1, 0.15) is 19.3 Å².